The first-order chi connectivity index (χ1) is 18.3. The average Bonchev–Trinajstić information content (AvgIpc) is 3.41. The van der Waals surface area contributed by atoms with E-state index in [0.29, 0.717) is 15.3 Å². The Bertz CT molecular complexity index is 1550. The number of aromatic nitrogens is 6. The number of carbonyl (C=O) groups is 1. The highest BCUT2D eigenvalue weighted by Crippen LogP contribution is 2.26. The Morgan fingerprint density at radius 2 is 1.79 bits per heavy atom. The fraction of sp³-hybridized carbons (Fsp3) is 0.261. The number of alkyl halides is 3. The molecule has 11 nitrogen and oxygen atoms in total. The number of aliphatic hydroxyl groups is 1. The van der Waals surface area contributed by atoms with Crippen LogP contribution in [0, 0.1) is 0 Å². The number of rotatable bonds is 8. The summed E-state index contributed by atoms with van der Waals surface area (Å²) >= 11 is 12.2. The Hall–Kier alpha value is -3.88. The van der Waals surface area contributed by atoms with Crippen molar-refractivity contribution in [1.82, 2.24) is 29.1 Å². The number of hydrogen-bond acceptors (Lipinski definition) is 7. The predicted molar refractivity (Wildman–Crippen MR) is 134 cm³/mol. The number of ether oxygens (including phenoxy) is 1. The molecule has 0 bridgehead atoms. The molecule has 2 aromatic carbocycles. The van der Waals surface area contributed by atoms with Gasteiger partial charge in [-0.1, -0.05) is 35.3 Å². The molecule has 4 rings (SSSR count). The molecule has 16 heteroatoms. The molecule has 0 radical (unpaired) electrons. The monoisotopic (exact) mass is 585 g/mol. The topological polar surface area (TPSA) is 143 Å². The van der Waals surface area contributed by atoms with Crippen molar-refractivity contribution in [2.45, 2.75) is 38.4 Å². The van der Waals surface area contributed by atoms with Gasteiger partial charge in [0.1, 0.15) is 6.54 Å². The smallest absolute Gasteiger partial charge is 0.416 e. The van der Waals surface area contributed by atoms with Gasteiger partial charge in [0.15, 0.2) is 29.7 Å². The van der Waals surface area contributed by atoms with Gasteiger partial charge < -0.3 is 15.6 Å². The molecule has 206 valence electrons. The lowest BCUT2D eigenvalue weighted by Gasteiger charge is -2.15. The van der Waals surface area contributed by atoms with Crippen LogP contribution in [0.1, 0.15) is 24.7 Å². The highest BCUT2D eigenvalue weighted by atomic mass is 35.5. The van der Waals surface area contributed by atoms with E-state index in [1.165, 1.54) is 35.9 Å². The number of aliphatic hydroxyl groups excluding tert-OH is 1. The minimum Gasteiger partial charge on any atom is -0.438 e. The molecular weight excluding hydrogens is 566 g/mol. The summed E-state index contributed by atoms with van der Waals surface area (Å²) in [4.78, 5) is 28.9. The number of para-hydroxylation sites is 1. The summed E-state index contributed by atoms with van der Waals surface area (Å²) in [7, 11) is 0. The second kappa shape index (κ2) is 11.1. The summed E-state index contributed by atoms with van der Waals surface area (Å²) in [5, 5.41) is 18.9. The zero-order chi connectivity index (χ0) is 28.5. The highest BCUT2D eigenvalue weighted by molar-refractivity contribution is 6.32. The number of amides is 1. The van der Waals surface area contributed by atoms with Crippen LogP contribution in [-0.4, -0.2) is 52.6 Å². The van der Waals surface area contributed by atoms with Crippen LogP contribution in [0.4, 0.5) is 18.0 Å². The fourth-order valence-corrected chi connectivity index (χ4v) is 4.00. The first-order valence-corrected chi connectivity index (χ1v) is 12.0. The minimum absolute atomic E-state index is 0.00406. The van der Waals surface area contributed by atoms with Crippen molar-refractivity contribution in [2.75, 3.05) is 0 Å². The van der Waals surface area contributed by atoms with Crippen LogP contribution in [0.5, 0.6) is 0 Å². The standard InChI is InChI=1S/C23H20Cl2F3N7O4/c1-12(39-21(29)37)19-30-18(31-35(19)16-5-3-2-4-15(16)25)11-34-22(38)33(10-17(36)23(26,27)28)20(32-34)13-6-8-14(24)9-7-13/h2-9,12,17,36H,10-11H2,1H3,(H2,29,37)/t12-,17-/m0/s1. The summed E-state index contributed by atoms with van der Waals surface area (Å²) in [6.45, 7) is 0.00274. The van der Waals surface area contributed by atoms with Crippen molar-refractivity contribution in [3.8, 4) is 17.1 Å². The average molecular weight is 586 g/mol. The molecule has 3 N–H and O–H groups in total. The van der Waals surface area contributed by atoms with Crippen LogP contribution in [0.2, 0.25) is 10.0 Å². The van der Waals surface area contributed by atoms with Crippen molar-refractivity contribution >= 4 is 29.3 Å². The first-order valence-electron chi connectivity index (χ1n) is 11.2. The summed E-state index contributed by atoms with van der Waals surface area (Å²) in [5.41, 5.74) is 4.84. The molecular formula is C23H20Cl2F3N7O4. The van der Waals surface area contributed by atoms with Crippen LogP contribution in [0.3, 0.4) is 0 Å². The van der Waals surface area contributed by atoms with Gasteiger partial charge in [-0.3, -0.25) is 4.57 Å². The van der Waals surface area contributed by atoms with Crippen molar-refractivity contribution in [1.29, 1.82) is 0 Å². The van der Waals surface area contributed by atoms with E-state index in [0.717, 1.165) is 4.68 Å². The van der Waals surface area contributed by atoms with Gasteiger partial charge in [0, 0.05) is 10.6 Å². The number of halogens is 5. The molecule has 0 saturated heterocycles. The van der Waals surface area contributed by atoms with E-state index in [1.807, 2.05) is 0 Å². The molecule has 0 unspecified atom stereocenters. The van der Waals surface area contributed by atoms with E-state index in [4.69, 9.17) is 33.7 Å². The molecule has 1 amide bonds. The number of hydrogen-bond donors (Lipinski definition) is 2. The van der Waals surface area contributed by atoms with Crippen LogP contribution >= 0.6 is 23.2 Å². The lowest BCUT2D eigenvalue weighted by Crippen LogP contribution is -2.37. The third-order valence-electron chi connectivity index (χ3n) is 5.46. The lowest BCUT2D eigenvalue weighted by atomic mass is 10.2. The number of nitrogens with two attached hydrogens (primary N) is 1. The van der Waals surface area contributed by atoms with Crippen LogP contribution in [0.15, 0.2) is 53.3 Å². The summed E-state index contributed by atoms with van der Waals surface area (Å²) < 4.78 is 47.3. The van der Waals surface area contributed by atoms with Gasteiger partial charge in [-0.25, -0.2) is 23.9 Å². The molecule has 2 aromatic heterocycles. The number of primary amides is 1. The number of benzene rings is 2. The van der Waals surface area contributed by atoms with E-state index in [2.05, 4.69) is 15.2 Å². The van der Waals surface area contributed by atoms with Gasteiger partial charge in [0.05, 0.1) is 17.3 Å². The normalized spacial score (nSPS) is 13.3. The third-order valence-corrected chi connectivity index (χ3v) is 6.03. The Morgan fingerprint density at radius 1 is 1.13 bits per heavy atom. The molecule has 2 heterocycles. The molecule has 0 saturated carbocycles. The van der Waals surface area contributed by atoms with E-state index in [9.17, 15) is 27.9 Å². The first kappa shape index (κ1) is 28.1. The maximum absolute atomic E-state index is 13.2. The molecule has 0 aliphatic carbocycles. The van der Waals surface area contributed by atoms with Crippen molar-refractivity contribution in [3.05, 3.63) is 80.7 Å². The Kier molecular flexibility index (Phi) is 7.99. The van der Waals surface area contributed by atoms with E-state index < -0.39 is 36.7 Å². The highest BCUT2D eigenvalue weighted by Gasteiger charge is 2.39. The summed E-state index contributed by atoms with van der Waals surface area (Å²) in [6.07, 6.45) is -9.85. The van der Waals surface area contributed by atoms with Gasteiger partial charge in [-0.2, -0.15) is 13.2 Å². The van der Waals surface area contributed by atoms with Crippen LogP contribution < -0.4 is 11.4 Å². The second-order valence-electron chi connectivity index (χ2n) is 8.27. The van der Waals surface area contributed by atoms with E-state index in [-0.39, 0.29) is 34.6 Å². The predicted octanol–water partition coefficient (Wildman–Crippen LogP) is 3.73. The van der Waals surface area contributed by atoms with Crippen LogP contribution in [0.25, 0.3) is 17.1 Å². The molecule has 0 fully saturated rings. The molecule has 0 aliphatic rings. The van der Waals surface area contributed by atoms with Gasteiger partial charge >= 0.3 is 18.0 Å². The largest absolute Gasteiger partial charge is 0.438 e. The van der Waals surface area contributed by atoms with Crippen molar-refractivity contribution in [3.63, 3.8) is 0 Å². The molecule has 0 aliphatic heterocycles. The zero-order valence-electron chi connectivity index (χ0n) is 20.0. The van der Waals surface area contributed by atoms with Gasteiger partial charge in [0.2, 0.25) is 0 Å². The third kappa shape index (κ3) is 6.24. The molecule has 39 heavy (non-hydrogen) atoms. The van der Waals surface area contributed by atoms with Crippen LogP contribution in [-0.2, 0) is 17.8 Å². The SMILES string of the molecule is C[C@H](OC(N)=O)c1nc(Cn2nc(-c3ccc(Cl)cc3)n(C[C@H](O)C(F)(F)F)c2=O)nn1-c1ccccc1Cl. The quantitative estimate of drug-likeness (QED) is 0.320. The number of carbonyl (C=O) groups excluding carboxylic acids is 1. The Morgan fingerprint density at radius 3 is 2.41 bits per heavy atom. The van der Waals surface area contributed by atoms with Gasteiger partial charge in [0.25, 0.3) is 0 Å². The van der Waals surface area contributed by atoms with E-state index >= 15 is 0 Å². The van der Waals surface area contributed by atoms with Gasteiger partial charge in [-0.05, 0) is 43.3 Å². The molecule has 4 aromatic rings. The van der Waals surface area contributed by atoms with Crippen molar-refractivity contribution in [2.24, 2.45) is 5.73 Å². The lowest BCUT2D eigenvalue weighted by molar-refractivity contribution is -0.207. The molecule has 0 spiro atoms. The second-order valence-corrected chi connectivity index (χ2v) is 9.11. The summed E-state index contributed by atoms with van der Waals surface area (Å²) in [5.74, 6) is -0.0402. The van der Waals surface area contributed by atoms with E-state index in [1.54, 1.807) is 24.3 Å². The fourth-order valence-electron chi connectivity index (χ4n) is 3.66. The maximum Gasteiger partial charge on any atom is 0.416 e. The zero-order valence-corrected chi connectivity index (χ0v) is 21.5. The summed E-state index contributed by atoms with van der Waals surface area (Å²) in [6, 6.07) is 12.5. The molecule has 2 atom stereocenters. The number of nitrogens with zero attached hydrogens (tertiary/aromatic N) is 6. The van der Waals surface area contributed by atoms with Crippen molar-refractivity contribution < 1.29 is 27.8 Å². The Balaban J connectivity index is 1.79. The van der Waals surface area contributed by atoms with Gasteiger partial charge in [-0.15, -0.1) is 10.2 Å². The Labute approximate surface area is 228 Å². The minimum atomic E-state index is -4.97. The maximum atomic E-state index is 13.2.